The lowest BCUT2D eigenvalue weighted by Gasteiger charge is -2.24. The summed E-state index contributed by atoms with van der Waals surface area (Å²) in [6.45, 7) is 5.67. The summed E-state index contributed by atoms with van der Waals surface area (Å²) in [5, 5.41) is 2.63. The van der Waals surface area contributed by atoms with E-state index in [2.05, 4.69) is 21.9 Å². The molecule has 3 N–H and O–H groups in total. The van der Waals surface area contributed by atoms with E-state index in [4.69, 9.17) is 15.2 Å². The highest BCUT2D eigenvalue weighted by Crippen LogP contribution is 2.41. The van der Waals surface area contributed by atoms with Gasteiger partial charge in [0.2, 0.25) is 5.91 Å². The van der Waals surface area contributed by atoms with Gasteiger partial charge in [-0.05, 0) is 73.6 Å². The van der Waals surface area contributed by atoms with E-state index in [9.17, 15) is 18.4 Å². The number of methoxy groups -OCH3 is 1. The molecule has 2 aliphatic rings. The molecular formula is C30H31F2N5O4. The van der Waals surface area contributed by atoms with Crippen molar-refractivity contribution < 1.29 is 27.8 Å². The predicted molar refractivity (Wildman–Crippen MR) is 150 cm³/mol. The molecule has 0 radical (unpaired) electrons. The van der Waals surface area contributed by atoms with Crippen LogP contribution in [0.15, 0.2) is 49.3 Å². The third-order valence-corrected chi connectivity index (χ3v) is 7.58. The summed E-state index contributed by atoms with van der Waals surface area (Å²) in [4.78, 5) is 35.3. The van der Waals surface area contributed by atoms with Gasteiger partial charge in [-0.25, -0.2) is 18.7 Å². The maximum Gasteiger partial charge on any atom is 0.258 e. The molecule has 1 saturated carbocycles. The van der Waals surface area contributed by atoms with Crippen molar-refractivity contribution >= 4 is 23.3 Å². The van der Waals surface area contributed by atoms with E-state index in [1.54, 1.807) is 25.0 Å². The second kappa shape index (κ2) is 11.6. The second-order valence-electron chi connectivity index (χ2n) is 10.3. The van der Waals surface area contributed by atoms with E-state index in [0.717, 1.165) is 24.5 Å². The van der Waals surface area contributed by atoms with Crippen LogP contribution in [0, 0.1) is 18.6 Å². The van der Waals surface area contributed by atoms with Gasteiger partial charge in [0.1, 0.15) is 30.3 Å². The molecule has 1 unspecified atom stereocenters. The van der Waals surface area contributed by atoms with E-state index in [0.29, 0.717) is 30.0 Å². The van der Waals surface area contributed by atoms with Crippen LogP contribution in [0.25, 0.3) is 11.3 Å². The van der Waals surface area contributed by atoms with Crippen molar-refractivity contribution in [3.05, 3.63) is 77.6 Å². The molecule has 1 aliphatic carbocycles. The van der Waals surface area contributed by atoms with Crippen LogP contribution in [0.1, 0.15) is 46.7 Å². The number of benzene rings is 2. The van der Waals surface area contributed by atoms with Crippen molar-refractivity contribution in [1.29, 1.82) is 0 Å². The number of amides is 2. The second-order valence-corrected chi connectivity index (χ2v) is 10.3. The van der Waals surface area contributed by atoms with E-state index in [1.165, 1.54) is 30.6 Å². The van der Waals surface area contributed by atoms with Crippen LogP contribution in [-0.2, 0) is 9.53 Å². The number of aromatic nitrogens is 2. The van der Waals surface area contributed by atoms with E-state index < -0.39 is 17.5 Å². The lowest BCUT2D eigenvalue weighted by molar-refractivity contribution is -0.127. The van der Waals surface area contributed by atoms with Crippen molar-refractivity contribution in [3.8, 4) is 17.0 Å². The van der Waals surface area contributed by atoms with E-state index in [1.807, 2.05) is 0 Å². The first-order valence-corrected chi connectivity index (χ1v) is 13.3. The number of nitrogens with one attached hydrogen (secondary N) is 1. The number of hydrogen-bond acceptors (Lipinski definition) is 7. The third-order valence-electron chi connectivity index (χ3n) is 7.58. The largest absolute Gasteiger partial charge is 0.485 e. The van der Waals surface area contributed by atoms with Crippen molar-refractivity contribution in [2.24, 2.45) is 0 Å². The van der Waals surface area contributed by atoms with Crippen LogP contribution in [0.2, 0.25) is 0 Å². The lowest BCUT2D eigenvalue weighted by Crippen LogP contribution is -2.38. The van der Waals surface area contributed by atoms with Crippen molar-refractivity contribution in [2.75, 3.05) is 31.3 Å². The average Bonchev–Trinajstić information content (AvgIpc) is 3.73. The topological polar surface area (TPSA) is 120 Å². The normalized spacial score (nSPS) is 18.3. The number of likely N-dealkylation sites (tertiary alicyclic amines) is 1. The van der Waals surface area contributed by atoms with Gasteiger partial charge < -0.3 is 25.4 Å². The molecule has 2 fully saturated rings. The molecule has 2 amide bonds. The Bertz CT molecular complexity index is 1510. The average molecular weight is 564 g/mol. The molecule has 5 rings (SSSR count). The first-order valence-electron chi connectivity index (χ1n) is 13.3. The minimum absolute atomic E-state index is 0.0185. The summed E-state index contributed by atoms with van der Waals surface area (Å²) in [6.07, 6.45) is 4.84. The number of rotatable bonds is 9. The van der Waals surface area contributed by atoms with Gasteiger partial charge in [0, 0.05) is 24.9 Å². The molecule has 41 heavy (non-hydrogen) atoms. The first kappa shape index (κ1) is 28.2. The summed E-state index contributed by atoms with van der Waals surface area (Å²) < 4.78 is 41.1. The Labute approximate surface area is 236 Å². The predicted octanol–water partition coefficient (Wildman–Crippen LogP) is 4.62. The smallest absolute Gasteiger partial charge is 0.258 e. The van der Waals surface area contributed by atoms with Gasteiger partial charge in [-0.2, -0.15) is 0 Å². The summed E-state index contributed by atoms with van der Waals surface area (Å²) in [6, 6.07) is 6.64. The number of nitrogens with two attached hydrogens (primary N) is 1. The monoisotopic (exact) mass is 563 g/mol. The number of anilines is 2. The molecule has 0 spiro atoms. The van der Waals surface area contributed by atoms with Gasteiger partial charge in [-0.15, -0.1) is 0 Å². The van der Waals surface area contributed by atoms with Gasteiger partial charge in [-0.3, -0.25) is 9.59 Å². The molecule has 9 nitrogen and oxygen atoms in total. The SMILES string of the molecule is C=CC(=O)N1C[C@@H](OC)CC1COc1c(N)ncnc1-c1cc(F)cc(NC(=O)c2ccc(C3CC3)cc2F)c1C. The fourth-order valence-electron chi connectivity index (χ4n) is 5.12. The van der Waals surface area contributed by atoms with Crippen LogP contribution < -0.4 is 15.8 Å². The highest BCUT2D eigenvalue weighted by molar-refractivity contribution is 6.05. The number of nitrogen functional groups attached to an aromatic ring is 1. The van der Waals surface area contributed by atoms with Crippen LogP contribution >= 0.6 is 0 Å². The molecular weight excluding hydrogens is 532 g/mol. The molecule has 0 bridgehead atoms. The van der Waals surface area contributed by atoms with Crippen LogP contribution in [0.4, 0.5) is 20.3 Å². The molecule has 1 aliphatic heterocycles. The number of ether oxygens (including phenoxy) is 2. The molecule has 214 valence electrons. The Morgan fingerprint density at radius 1 is 1.22 bits per heavy atom. The Morgan fingerprint density at radius 2 is 2.00 bits per heavy atom. The number of nitrogens with zero attached hydrogens (tertiary/aromatic N) is 3. The minimum atomic E-state index is -0.705. The fraction of sp³-hybridized carbons (Fsp3) is 0.333. The van der Waals surface area contributed by atoms with Gasteiger partial charge in [-0.1, -0.05) is 12.6 Å². The van der Waals surface area contributed by atoms with Crippen molar-refractivity contribution in [3.63, 3.8) is 0 Å². The quantitative estimate of drug-likeness (QED) is 0.365. The van der Waals surface area contributed by atoms with E-state index in [-0.39, 0.29) is 53.2 Å². The Kier molecular flexibility index (Phi) is 7.98. The lowest BCUT2D eigenvalue weighted by atomic mass is 10.0. The van der Waals surface area contributed by atoms with Crippen molar-refractivity contribution in [1.82, 2.24) is 14.9 Å². The molecule has 1 aromatic heterocycles. The minimum Gasteiger partial charge on any atom is -0.485 e. The van der Waals surface area contributed by atoms with Crippen LogP contribution in [0.5, 0.6) is 5.75 Å². The summed E-state index contributed by atoms with van der Waals surface area (Å²) in [5.41, 5.74) is 7.98. The van der Waals surface area contributed by atoms with Gasteiger partial charge in [0.15, 0.2) is 11.6 Å². The molecule has 2 aromatic carbocycles. The summed E-state index contributed by atoms with van der Waals surface area (Å²) in [7, 11) is 1.58. The first-order chi connectivity index (χ1) is 19.7. The summed E-state index contributed by atoms with van der Waals surface area (Å²) >= 11 is 0. The standard InChI is InChI=1S/C30H31F2N5O4/c1-4-26(38)37-13-21(40-3)12-20(37)14-41-28-27(34-15-35-29(28)33)23-10-19(31)11-25(16(23)2)36-30(39)22-8-7-18(9-24(22)32)17-5-6-17/h4,7-11,15,17,20-21H,1,5-6,12-14H2,2-3H3,(H,36,39)(H2,33,34,35)/t20?,21-/m0/s1. The number of halogens is 2. The van der Waals surface area contributed by atoms with Crippen LogP contribution in [0.3, 0.4) is 0 Å². The zero-order chi connectivity index (χ0) is 29.3. The molecule has 11 heteroatoms. The third kappa shape index (κ3) is 5.90. The van der Waals surface area contributed by atoms with Gasteiger partial charge in [0.25, 0.3) is 5.91 Å². The Hall–Kier alpha value is -4.38. The maximum atomic E-state index is 14.9. The molecule has 2 heterocycles. The zero-order valence-electron chi connectivity index (χ0n) is 22.8. The fourth-order valence-corrected chi connectivity index (χ4v) is 5.12. The number of carbonyl (C=O) groups is 2. The van der Waals surface area contributed by atoms with Gasteiger partial charge >= 0.3 is 0 Å². The van der Waals surface area contributed by atoms with E-state index >= 15 is 0 Å². The van der Waals surface area contributed by atoms with Gasteiger partial charge in [0.05, 0.1) is 17.7 Å². The molecule has 1 saturated heterocycles. The molecule has 2 atom stereocenters. The Morgan fingerprint density at radius 3 is 2.68 bits per heavy atom. The molecule has 3 aromatic rings. The zero-order valence-corrected chi connectivity index (χ0v) is 22.8. The number of hydrogen-bond donors (Lipinski definition) is 2. The van der Waals surface area contributed by atoms with Crippen LogP contribution in [-0.4, -0.2) is 59.1 Å². The highest BCUT2D eigenvalue weighted by atomic mass is 19.1. The number of carbonyl (C=O) groups excluding carboxylic acids is 2. The summed E-state index contributed by atoms with van der Waals surface area (Å²) in [5.74, 6) is -1.79. The Balaban J connectivity index is 1.41. The van der Waals surface area contributed by atoms with Crippen molar-refractivity contribution in [2.45, 2.75) is 44.2 Å². The highest BCUT2D eigenvalue weighted by Gasteiger charge is 2.35. The maximum absolute atomic E-state index is 14.9.